The fourth-order valence-corrected chi connectivity index (χ4v) is 3.19. The van der Waals surface area contributed by atoms with Crippen LogP contribution in [0.25, 0.3) is 11.5 Å². The van der Waals surface area contributed by atoms with Gasteiger partial charge in [0.05, 0.1) is 5.69 Å². The van der Waals surface area contributed by atoms with Crippen LogP contribution in [0.15, 0.2) is 42.7 Å². The molecule has 0 radical (unpaired) electrons. The highest BCUT2D eigenvalue weighted by Gasteiger charge is 2.15. The van der Waals surface area contributed by atoms with Gasteiger partial charge < -0.3 is 15.2 Å². The van der Waals surface area contributed by atoms with Crippen molar-refractivity contribution in [3.63, 3.8) is 0 Å². The second kappa shape index (κ2) is 7.71. The largest absolute Gasteiger partial charge is 0.350 e. The van der Waals surface area contributed by atoms with Gasteiger partial charge >= 0.3 is 0 Å². The van der Waals surface area contributed by atoms with Gasteiger partial charge in [-0.3, -0.25) is 9.48 Å². The molecule has 140 valence electrons. The molecule has 0 bridgehead atoms. The number of fused-ring (bicyclic) bond motifs is 1. The quantitative estimate of drug-likeness (QED) is 0.720. The first-order chi connectivity index (χ1) is 13.2. The van der Waals surface area contributed by atoms with Gasteiger partial charge in [0.15, 0.2) is 5.82 Å². The van der Waals surface area contributed by atoms with E-state index in [4.69, 9.17) is 0 Å². The Morgan fingerprint density at radius 3 is 3.00 bits per heavy atom. The van der Waals surface area contributed by atoms with Crippen molar-refractivity contribution in [2.24, 2.45) is 0 Å². The molecule has 0 saturated carbocycles. The maximum atomic E-state index is 12.9. The minimum Gasteiger partial charge on any atom is -0.350 e. The molecule has 1 amide bonds. The highest BCUT2D eigenvalue weighted by atomic mass is 19.1. The highest BCUT2D eigenvalue weighted by Crippen LogP contribution is 2.19. The first kappa shape index (κ1) is 17.4. The molecule has 1 aliphatic heterocycles. The smallest absolute Gasteiger partial charge is 0.251 e. The average Bonchev–Trinajstić information content (AvgIpc) is 3.24. The minimum absolute atomic E-state index is 0.226. The Morgan fingerprint density at radius 2 is 2.15 bits per heavy atom. The second-order valence-electron chi connectivity index (χ2n) is 6.48. The van der Waals surface area contributed by atoms with Crippen molar-refractivity contribution in [1.29, 1.82) is 0 Å². The summed E-state index contributed by atoms with van der Waals surface area (Å²) in [5, 5.41) is 10.9. The topological polar surface area (TPSA) is 76.8 Å². The molecule has 0 aliphatic carbocycles. The third-order valence-corrected chi connectivity index (χ3v) is 4.58. The fraction of sp³-hybridized carbons (Fsp3) is 0.316. The van der Waals surface area contributed by atoms with Crippen LogP contribution in [0.1, 0.15) is 22.5 Å². The Labute approximate surface area is 156 Å². The molecule has 0 spiro atoms. The van der Waals surface area contributed by atoms with Crippen LogP contribution in [0.3, 0.4) is 0 Å². The number of amides is 1. The lowest BCUT2D eigenvalue weighted by Gasteiger charge is -2.08. The number of nitrogens with one attached hydrogen (secondary N) is 2. The van der Waals surface area contributed by atoms with E-state index in [1.54, 1.807) is 6.20 Å². The van der Waals surface area contributed by atoms with E-state index in [1.165, 1.54) is 24.3 Å². The summed E-state index contributed by atoms with van der Waals surface area (Å²) in [7, 11) is 0. The van der Waals surface area contributed by atoms with Crippen molar-refractivity contribution in [2.45, 2.75) is 26.1 Å². The number of halogens is 1. The molecule has 3 aromatic rings. The molecule has 4 rings (SSSR count). The van der Waals surface area contributed by atoms with Gasteiger partial charge in [-0.15, -0.1) is 0 Å². The standard InChI is InChI=1S/C19H21FN6O/c20-15-4-2-14(3-5-15)19(27)23-8-11-25-10-7-22-18(25)17-12-16-13-21-6-1-9-26(16)24-17/h2-5,7,10,12,21H,1,6,8-9,11,13H2,(H,23,27). The number of benzene rings is 1. The number of hydrogen-bond acceptors (Lipinski definition) is 4. The van der Waals surface area contributed by atoms with Crippen LogP contribution < -0.4 is 10.6 Å². The molecule has 3 heterocycles. The van der Waals surface area contributed by atoms with E-state index in [-0.39, 0.29) is 11.7 Å². The van der Waals surface area contributed by atoms with Crippen molar-refractivity contribution in [2.75, 3.05) is 13.1 Å². The van der Waals surface area contributed by atoms with Crippen LogP contribution in [0.2, 0.25) is 0 Å². The molecule has 1 aliphatic rings. The summed E-state index contributed by atoms with van der Waals surface area (Å²) >= 11 is 0. The number of imidazole rings is 1. The zero-order valence-electron chi connectivity index (χ0n) is 14.9. The van der Waals surface area contributed by atoms with Crippen LogP contribution in [0.4, 0.5) is 4.39 Å². The maximum absolute atomic E-state index is 12.9. The summed E-state index contributed by atoms with van der Waals surface area (Å²) in [6.07, 6.45) is 4.67. The number of carbonyl (C=O) groups excluding carboxylic acids is 1. The summed E-state index contributed by atoms with van der Waals surface area (Å²) in [6.45, 7) is 3.72. The Kier molecular flexibility index (Phi) is 4.97. The van der Waals surface area contributed by atoms with Crippen molar-refractivity contribution >= 4 is 5.91 Å². The molecule has 7 nitrogen and oxygen atoms in total. The maximum Gasteiger partial charge on any atom is 0.251 e. The van der Waals surface area contributed by atoms with Crippen LogP contribution in [0.5, 0.6) is 0 Å². The molecule has 0 fully saturated rings. The Balaban J connectivity index is 1.41. The van der Waals surface area contributed by atoms with E-state index in [0.717, 1.165) is 43.3 Å². The van der Waals surface area contributed by atoms with Crippen LogP contribution in [0, 0.1) is 5.82 Å². The molecular formula is C19H21FN6O. The molecule has 2 N–H and O–H groups in total. The number of rotatable bonds is 5. The summed E-state index contributed by atoms with van der Waals surface area (Å²) in [5.74, 6) is 0.200. The molecule has 27 heavy (non-hydrogen) atoms. The summed E-state index contributed by atoms with van der Waals surface area (Å²) in [4.78, 5) is 16.6. The third-order valence-electron chi connectivity index (χ3n) is 4.58. The first-order valence-electron chi connectivity index (χ1n) is 9.03. The summed E-state index contributed by atoms with van der Waals surface area (Å²) < 4.78 is 17.0. The predicted molar refractivity (Wildman–Crippen MR) is 98.5 cm³/mol. The van der Waals surface area contributed by atoms with E-state index < -0.39 is 0 Å². The zero-order chi connectivity index (χ0) is 18.6. The van der Waals surface area contributed by atoms with E-state index in [1.807, 2.05) is 15.4 Å². The summed E-state index contributed by atoms with van der Waals surface area (Å²) in [5.41, 5.74) is 2.43. The highest BCUT2D eigenvalue weighted by molar-refractivity contribution is 5.94. The van der Waals surface area contributed by atoms with Gasteiger partial charge in [-0.2, -0.15) is 5.10 Å². The van der Waals surface area contributed by atoms with Gasteiger partial charge in [-0.1, -0.05) is 0 Å². The molecule has 8 heteroatoms. The fourth-order valence-electron chi connectivity index (χ4n) is 3.19. The van der Waals surface area contributed by atoms with Crippen LogP contribution >= 0.6 is 0 Å². The lowest BCUT2D eigenvalue weighted by Crippen LogP contribution is -2.27. The number of nitrogens with zero attached hydrogens (tertiary/aromatic N) is 4. The monoisotopic (exact) mass is 368 g/mol. The summed E-state index contributed by atoms with van der Waals surface area (Å²) in [6, 6.07) is 7.56. The first-order valence-corrected chi connectivity index (χ1v) is 9.03. The predicted octanol–water partition coefficient (Wildman–Crippen LogP) is 1.81. The van der Waals surface area contributed by atoms with Gasteiger partial charge in [-0.25, -0.2) is 9.37 Å². The second-order valence-corrected chi connectivity index (χ2v) is 6.48. The van der Waals surface area contributed by atoms with Gasteiger partial charge in [0, 0.05) is 44.1 Å². The van der Waals surface area contributed by atoms with Crippen molar-refractivity contribution in [1.82, 2.24) is 30.0 Å². The van der Waals surface area contributed by atoms with E-state index in [0.29, 0.717) is 18.7 Å². The van der Waals surface area contributed by atoms with Gasteiger partial charge in [-0.05, 0) is 43.3 Å². The van der Waals surface area contributed by atoms with E-state index >= 15 is 0 Å². The Morgan fingerprint density at radius 1 is 1.30 bits per heavy atom. The number of aromatic nitrogens is 4. The zero-order valence-corrected chi connectivity index (χ0v) is 14.9. The molecule has 0 saturated heterocycles. The average molecular weight is 368 g/mol. The van der Waals surface area contributed by atoms with Crippen LogP contribution in [-0.4, -0.2) is 38.3 Å². The van der Waals surface area contributed by atoms with Gasteiger partial charge in [0.25, 0.3) is 5.91 Å². The molecule has 2 aromatic heterocycles. The van der Waals surface area contributed by atoms with Gasteiger partial charge in [0.2, 0.25) is 0 Å². The van der Waals surface area contributed by atoms with E-state index in [9.17, 15) is 9.18 Å². The molecule has 0 atom stereocenters. The number of aryl methyl sites for hydroxylation is 1. The molecule has 0 unspecified atom stereocenters. The van der Waals surface area contributed by atoms with Crippen LogP contribution in [-0.2, 0) is 19.6 Å². The Bertz CT molecular complexity index is 907. The van der Waals surface area contributed by atoms with Gasteiger partial charge in [0.1, 0.15) is 11.5 Å². The lowest BCUT2D eigenvalue weighted by atomic mass is 10.2. The number of carbonyl (C=O) groups is 1. The minimum atomic E-state index is -0.358. The molecule has 1 aromatic carbocycles. The Hall–Kier alpha value is -3.00. The number of hydrogen-bond donors (Lipinski definition) is 2. The molecular weight excluding hydrogens is 347 g/mol. The van der Waals surface area contributed by atoms with Crippen molar-refractivity contribution in [3.05, 3.63) is 59.8 Å². The normalized spacial score (nSPS) is 13.8. The van der Waals surface area contributed by atoms with Crippen molar-refractivity contribution in [3.8, 4) is 11.5 Å². The SMILES string of the molecule is O=C(NCCn1ccnc1-c1cc2n(n1)CCCNC2)c1ccc(F)cc1. The lowest BCUT2D eigenvalue weighted by molar-refractivity contribution is 0.0952. The third kappa shape index (κ3) is 3.90. The van der Waals surface area contributed by atoms with Crippen molar-refractivity contribution < 1.29 is 9.18 Å². The van der Waals surface area contributed by atoms with E-state index in [2.05, 4.69) is 26.8 Å².